The molecule has 0 aliphatic carbocycles. The molecule has 0 atom stereocenters. The Morgan fingerprint density at radius 2 is 2.00 bits per heavy atom. The summed E-state index contributed by atoms with van der Waals surface area (Å²) in [6.07, 6.45) is 1.78. The van der Waals surface area contributed by atoms with Gasteiger partial charge in [0.1, 0.15) is 6.54 Å². The van der Waals surface area contributed by atoms with Gasteiger partial charge in [0.05, 0.1) is 25.8 Å². The van der Waals surface area contributed by atoms with Gasteiger partial charge in [-0.05, 0) is 32.9 Å². The van der Waals surface area contributed by atoms with E-state index in [2.05, 4.69) is 5.32 Å². The monoisotopic (exact) mass is 321 g/mol. The van der Waals surface area contributed by atoms with Crippen LogP contribution in [0.4, 0.5) is 0 Å². The largest absolute Gasteiger partial charge is 0.504 e. The predicted molar refractivity (Wildman–Crippen MR) is 89.7 cm³/mol. The lowest BCUT2D eigenvalue weighted by atomic mass is 9.94. The van der Waals surface area contributed by atoms with E-state index in [1.807, 2.05) is 32.9 Å². The number of carbonyl (C=O) groups excluding carboxylic acids is 1. The first-order valence-electron chi connectivity index (χ1n) is 8.30. The van der Waals surface area contributed by atoms with Crippen molar-refractivity contribution in [2.24, 2.45) is 5.92 Å². The van der Waals surface area contributed by atoms with Crippen LogP contribution in [0.25, 0.3) is 0 Å². The molecular weight excluding hydrogens is 292 g/mol. The molecule has 1 aliphatic heterocycles. The molecule has 1 amide bonds. The number of benzene rings is 1. The number of hydrogen-bond acceptors (Lipinski definition) is 3. The standard InChI is InChI=1S/C18H28N2O3/c1-18(2,3)19-17(22)13-8-10-20(11-9-13)12-14-6-5-7-15(23-4)16(14)21/h5-7,13,21H,8-12H2,1-4H3,(H,19,22)/p+1. The first-order chi connectivity index (χ1) is 10.8. The molecule has 0 spiro atoms. The minimum Gasteiger partial charge on any atom is -0.504 e. The number of amides is 1. The van der Waals surface area contributed by atoms with Gasteiger partial charge >= 0.3 is 0 Å². The highest BCUT2D eigenvalue weighted by Crippen LogP contribution is 2.28. The summed E-state index contributed by atoms with van der Waals surface area (Å²) < 4.78 is 5.16. The lowest BCUT2D eigenvalue weighted by molar-refractivity contribution is -0.919. The molecule has 0 saturated carbocycles. The summed E-state index contributed by atoms with van der Waals surface area (Å²) in [4.78, 5) is 13.6. The molecule has 1 heterocycles. The van der Waals surface area contributed by atoms with E-state index >= 15 is 0 Å². The van der Waals surface area contributed by atoms with Gasteiger partial charge in [0.25, 0.3) is 0 Å². The molecule has 128 valence electrons. The fourth-order valence-corrected chi connectivity index (χ4v) is 3.08. The van der Waals surface area contributed by atoms with Gasteiger partial charge in [-0.2, -0.15) is 0 Å². The second-order valence-corrected chi connectivity index (χ2v) is 7.41. The maximum absolute atomic E-state index is 12.2. The molecule has 1 aliphatic rings. The van der Waals surface area contributed by atoms with Crippen LogP contribution < -0.4 is 15.0 Å². The average molecular weight is 321 g/mol. The van der Waals surface area contributed by atoms with Crippen molar-refractivity contribution in [2.75, 3.05) is 20.2 Å². The summed E-state index contributed by atoms with van der Waals surface area (Å²) in [6.45, 7) is 8.68. The minimum atomic E-state index is -0.173. The van der Waals surface area contributed by atoms with Crippen LogP contribution in [-0.2, 0) is 11.3 Å². The maximum atomic E-state index is 12.2. The summed E-state index contributed by atoms with van der Waals surface area (Å²) in [5, 5.41) is 13.3. The van der Waals surface area contributed by atoms with E-state index in [0.29, 0.717) is 5.75 Å². The van der Waals surface area contributed by atoms with Crippen LogP contribution in [0.5, 0.6) is 11.5 Å². The summed E-state index contributed by atoms with van der Waals surface area (Å²) in [5.74, 6) is 1.02. The number of methoxy groups -OCH3 is 1. The topological polar surface area (TPSA) is 63.0 Å². The lowest BCUT2D eigenvalue weighted by Gasteiger charge is -2.31. The zero-order valence-corrected chi connectivity index (χ0v) is 14.6. The Morgan fingerprint density at radius 3 is 2.57 bits per heavy atom. The number of nitrogens with one attached hydrogen (secondary N) is 2. The van der Waals surface area contributed by atoms with Crippen molar-refractivity contribution >= 4 is 5.91 Å². The van der Waals surface area contributed by atoms with Crippen LogP contribution >= 0.6 is 0 Å². The highest BCUT2D eigenvalue weighted by molar-refractivity contribution is 5.79. The van der Waals surface area contributed by atoms with Crippen LogP contribution in [0, 0.1) is 5.92 Å². The van der Waals surface area contributed by atoms with Gasteiger partial charge in [-0.15, -0.1) is 0 Å². The molecular formula is C18H29N2O3+. The van der Waals surface area contributed by atoms with Crippen LogP contribution in [0.1, 0.15) is 39.2 Å². The van der Waals surface area contributed by atoms with Gasteiger partial charge in [-0.3, -0.25) is 4.79 Å². The van der Waals surface area contributed by atoms with E-state index in [1.54, 1.807) is 13.2 Å². The molecule has 0 radical (unpaired) electrons. The second kappa shape index (κ2) is 7.21. The van der Waals surface area contributed by atoms with E-state index < -0.39 is 0 Å². The van der Waals surface area contributed by atoms with Gasteiger partial charge in [-0.1, -0.05) is 6.07 Å². The van der Waals surface area contributed by atoms with E-state index in [9.17, 15) is 9.90 Å². The van der Waals surface area contributed by atoms with Crippen molar-refractivity contribution in [1.82, 2.24) is 5.32 Å². The third kappa shape index (κ3) is 4.86. The van der Waals surface area contributed by atoms with Crippen molar-refractivity contribution < 1.29 is 19.5 Å². The summed E-state index contributed by atoms with van der Waals surface area (Å²) in [5.41, 5.74) is 0.727. The van der Waals surface area contributed by atoms with E-state index in [1.165, 1.54) is 4.90 Å². The second-order valence-electron chi connectivity index (χ2n) is 7.41. The zero-order chi connectivity index (χ0) is 17.0. The van der Waals surface area contributed by atoms with Gasteiger partial charge in [0.15, 0.2) is 11.5 Å². The number of carbonyl (C=O) groups is 1. The number of quaternary nitrogens is 1. The fourth-order valence-electron chi connectivity index (χ4n) is 3.08. The number of hydrogen-bond donors (Lipinski definition) is 3. The van der Waals surface area contributed by atoms with Crippen molar-refractivity contribution in [1.29, 1.82) is 0 Å². The SMILES string of the molecule is COc1cccc(C[NH+]2CCC(C(=O)NC(C)(C)C)CC2)c1O. The first-order valence-corrected chi connectivity index (χ1v) is 8.30. The van der Waals surface area contributed by atoms with Gasteiger partial charge in [0, 0.05) is 24.3 Å². The van der Waals surface area contributed by atoms with Crippen LogP contribution in [0.15, 0.2) is 18.2 Å². The molecule has 3 N–H and O–H groups in total. The van der Waals surface area contributed by atoms with Gasteiger partial charge < -0.3 is 20.1 Å². The van der Waals surface area contributed by atoms with Gasteiger partial charge in [0.2, 0.25) is 5.91 Å². The third-order valence-corrected chi connectivity index (χ3v) is 4.30. The number of rotatable bonds is 4. The molecule has 0 unspecified atom stereocenters. The number of para-hydroxylation sites is 1. The van der Waals surface area contributed by atoms with E-state index in [-0.39, 0.29) is 23.1 Å². The highest BCUT2D eigenvalue weighted by atomic mass is 16.5. The van der Waals surface area contributed by atoms with Gasteiger partial charge in [-0.25, -0.2) is 0 Å². The number of ether oxygens (including phenoxy) is 1. The summed E-state index contributed by atoms with van der Waals surface area (Å²) in [7, 11) is 1.56. The number of aromatic hydroxyl groups is 1. The normalized spacial score (nSPS) is 21.7. The van der Waals surface area contributed by atoms with Crippen molar-refractivity contribution in [3.8, 4) is 11.5 Å². The number of phenolic OH excluding ortho intramolecular Hbond substituents is 1. The van der Waals surface area contributed by atoms with Crippen LogP contribution in [-0.4, -0.2) is 36.8 Å². The fraction of sp³-hybridized carbons (Fsp3) is 0.611. The van der Waals surface area contributed by atoms with Crippen molar-refractivity contribution in [3.05, 3.63) is 23.8 Å². The Kier molecular flexibility index (Phi) is 5.52. The molecule has 5 heteroatoms. The van der Waals surface area contributed by atoms with Crippen LogP contribution in [0.2, 0.25) is 0 Å². The lowest BCUT2D eigenvalue weighted by Crippen LogP contribution is -3.11. The third-order valence-electron chi connectivity index (χ3n) is 4.30. The first kappa shape index (κ1) is 17.6. The molecule has 23 heavy (non-hydrogen) atoms. The number of likely N-dealkylation sites (tertiary alicyclic amines) is 1. The van der Waals surface area contributed by atoms with E-state index in [0.717, 1.165) is 38.0 Å². The quantitative estimate of drug-likeness (QED) is 0.778. The Bertz CT molecular complexity index is 544. The molecule has 1 saturated heterocycles. The predicted octanol–water partition coefficient (Wildman–Crippen LogP) is 1.11. The number of phenols is 1. The highest BCUT2D eigenvalue weighted by Gasteiger charge is 2.29. The number of piperidine rings is 1. The smallest absolute Gasteiger partial charge is 0.223 e. The maximum Gasteiger partial charge on any atom is 0.223 e. The summed E-state index contributed by atoms with van der Waals surface area (Å²) >= 11 is 0. The Hall–Kier alpha value is -1.75. The Balaban J connectivity index is 1.89. The molecule has 1 aromatic rings. The molecule has 1 fully saturated rings. The molecule has 1 aromatic carbocycles. The molecule has 0 aromatic heterocycles. The molecule has 0 bridgehead atoms. The molecule has 5 nitrogen and oxygen atoms in total. The zero-order valence-electron chi connectivity index (χ0n) is 14.6. The average Bonchev–Trinajstić information content (AvgIpc) is 2.48. The Labute approximate surface area is 138 Å². The Morgan fingerprint density at radius 1 is 1.35 bits per heavy atom. The van der Waals surface area contributed by atoms with E-state index in [4.69, 9.17) is 4.74 Å². The van der Waals surface area contributed by atoms with Crippen molar-refractivity contribution in [2.45, 2.75) is 45.7 Å². The van der Waals surface area contributed by atoms with Crippen LogP contribution in [0.3, 0.4) is 0 Å². The molecule has 2 rings (SSSR count). The summed E-state index contributed by atoms with van der Waals surface area (Å²) in [6, 6.07) is 5.59. The minimum absolute atomic E-state index is 0.108. The van der Waals surface area contributed by atoms with Crippen molar-refractivity contribution in [3.63, 3.8) is 0 Å².